The van der Waals surface area contributed by atoms with Gasteiger partial charge in [-0.3, -0.25) is 0 Å². The van der Waals surface area contributed by atoms with E-state index in [1.165, 1.54) is 5.56 Å². The van der Waals surface area contributed by atoms with Crippen molar-refractivity contribution < 1.29 is 0 Å². The van der Waals surface area contributed by atoms with Crippen LogP contribution in [0.1, 0.15) is 5.56 Å². The van der Waals surface area contributed by atoms with Crippen LogP contribution in [0.15, 0.2) is 47.5 Å². The lowest BCUT2D eigenvalue weighted by Gasteiger charge is -2.04. The van der Waals surface area contributed by atoms with Crippen LogP contribution in [0.5, 0.6) is 0 Å². The Labute approximate surface area is 110 Å². The number of hydrogen-bond donors (Lipinski definition) is 1. The summed E-state index contributed by atoms with van der Waals surface area (Å²) in [5.41, 5.74) is 1.25. The largest absolute Gasteiger partial charge is 0.373 e. The maximum atomic E-state index is 5.84. The van der Waals surface area contributed by atoms with Crippen molar-refractivity contribution in [1.82, 2.24) is 4.98 Å². The molecule has 0 radical (unpaired) electrons. The Morgan fingerprint density at radius 1 is 1.18 bits per heavy atom. The summed E-state index contributed by atoms with van der Waals surface area (Å²) in [6.45, 7) is 0. The number of pyridine rings is 1. The average molecular weight is 265 g/mol. The molecule has 0 aliphatic heterocycles. The third-order valence-corrected chi connectivity index (χ3v) is 3.53. The lowest BCUT2D eigenvalue weighted by atomic mass is 10.2. The monoisotopic (exact) mass is 264 g/mol. The molecule has 4 heteroatoms. The van der Waals surface area contributed by atoms with Crippen LogP contribution < -0.4 is 5.32 Å². The second-order valence-electron chi connectivity index (χ2n) is 3.53. The van der Waals surface area contributed by atoms with Crippen LogP contribution in [-0.4, -0.2) is 12.0 Å². The molecule has 0 amide bonds. The van der Waals surface area contributed by atoms with E-state index in [0.717, 1.165) is 21.6 Å². The molecule has 2 rings (SSSR count). The molecule has 0 saturated heterocycles. The average Bonchev–Trinajstić information content (AvgIpc) is 2.38. The standard InChI is InChI=1S/C13H13ClN2S/c1-15-12-3-2-4-13(16-12)17-9-10-5-7-11(14)8-6-10/h2-8H,9H2,1H3,(H,15,16). The number of rotatable bonds is 4. The van der Waals surface area contributed by atoms with Crippen molar-refractivity contribution in [2.45, 2.75) is 10.8 Å². The summed E-state index contributed by atoms with van der Waals surface area (Å²) in [6, 6.07) is 13.9. The van der Waals surface area contributed by atoms with Gasteiger partial charge in [0.05, 0.1) is 5.03 Å². The highest BCUT2D eigenvalue weighted by Gasteiger charge is 1.99. The van der Waals surface area contributed by atoms with E-state index in [1.807, 2.05) is 49.5 Å². The van der Waals surface area contributed by atoms with Gasteiger partial charge < -0.3 is 5.32 Å². The van der Waals surface area contributed by atoms with Gasteiger partial charge in [0.25, 0.3) is 0 Å². The smallest absolute Gasteiger partial charge is 0.126 e. The van der Waals surface area contributed by atoms with Crippen LogP contribution in [0.2, 0.25) is 5.02 Å². The Morgan fingerprint density at radius 3 is 2.65 bits per heavy atom. The minimum atomic E-state index is 0.772. The van der Waals surface area contributed by atoms with Crippen LogP contribution in [0.3, 0.4) is 0 Å². The van der Waals surface area contributed by atoms with E-state index in [-0.39, 0.29) is 0 Å². The van der Waals surface area contributed by atoms with E-state index >= 15 is 0 Å². The molecule has 0 aliphatic carbocycles. The summed E-state index contributed by atoms with van der Waals surface area (Å²) >= 11 is 7.56. The molecule has 2 aromatic rings. The number of nitrogens with one attached hydrogen (secondary N) is 1. The highest BCUT2D eigenvalue weighted by Crippen LogP contribution is 2.22. The third kappa shape index (κ3) is 3.65. The second kappa shape index (κ2) is 5.94. The normalized spacial score (nSPS) is 10.2. The van der Waals surface area contributed by atoms with E-state index in [4.69, 9.17) is 11.6 Å². The van der Waals surface area contributed by atoms with Crippen molar-refractivity contribution in [2.24, 2.45) is 0 Å². The number of anilines is 1. The van der Waals surface area contributed by atoms with Gasteiger partial charge in [0.15, 0.2) is 0 Å². The number of hydrogen-bond acceptors (Lipinski definition) is 3. The summed E-state index contributed by atoms with van der Waals surface area (Å²) < 4.78 is 0. The van der Waals surface area contributed by atoms with E-state index in [9.17, 15) is 0 Å². The second-order valence-corrected chi connectivity index (χ2v) is 4.96. The van der Waals surface area contributed by atoms with E-state index in [0.29, 0.717) is 0 Å². The fourth-order valence-corrected chi connectivity index (χ4v) is 2.34. The summed E-state index contributed by atoms with van der Waals surface area (Å²) in [7, 11) is 1.87. The van der Waals surface area contributed by atoms with Gasteiger partial charge in [0, 0.05) is 17.8 Å². The topological polar surface area (TPSA) is 24.9 Å². The minimum absolute atomic E-state index is 0.772. The molecule has 0 aliphatic rings. The SMILES string of the molecule is CNc1cccc(SCc2ccc(Cl)cc2)n1. The molecule has 88 valence electrons. The van der Waals surface area contributed by atoms with Gasteiger partial charge in [-0.05, 0) is 29.8 Å². The van der Waals surface area contributed by atoms with Gasteiger partial charge in [-0.2, -0.15) is 0 Å². The van der Waals surface area contributed by atoms with Crippen LogP contribution in [0, 0.1) is 0 Å². The molecule has 17 heavy (non-hydrogen) atoms. The molecule has 0 spiro atoms. The molecule has 1 N–H and O–H groups in total. The Kier molecular flexibility index (Phi) is 4.29. The van der Waals surface area contributed by atoms with Gasteiger partial charge in [0.2, 0.25) is 0 Å². The summed E-state index contributed by atoms with van der Waals surface area (Å²) in [5, 5.41) is 4.82. The predicted molar refractivity (Wildman–Crippen MR) is 74.8 cm³/mol. The molecule has 0 fully saturated rings. The highest BCUT2D eigenvalue weighted by molar-refractivity contribution is 7.98. The van der Waals surface area contributed by atoms with Crippen molar-refractivity contribution >= 4 is 29.2 Å². The molecule has 1 aromatic carbocycles. The molecule has 0 unspecified atom stereocenters. The highest BCUT2D eigenvalue weighted by atomic mass is 35.5. The lowest BCUT2D eigenvalue weighted by molar-refractivity contribution is 1.12. The predicted octanol–water partition coefficient (Wildman–Crippen LogP) is 4.07. The van der Waals surface area contributed by atoms with Crippen LogP contribution in [0.25, 0.3) is 0 Å². The summed E-state index contributed by atoms with van der Waals surface area (Å²) in [5.74, 6) is 1.79. The Balaban J connectivity index is 1.99. The van der Waals surface area contributed by atoms with Crippen molar-refractivity contribution in [2.75, 3.05) is 12.4 Å². The molecule has 0 atom stereocenters. The third-order valence-electron chi connectivity index (χ3n) is 2.28. The van der Waals surface area contributed by atoms with Crippen molar-refractivity contribution in [3.63, 3.8) is 0 Å². The maximum absolute atomic E-state index is 5.84. The molecule has 1 aromatic heterocycles. The molecule has 2 nitrogen and oxygen atoms in total. The van der Waals surface area contributed by atoms with E-state index < -0.39 is 0 Å². The van der Waals surface area contributed by atoms with Crippen LogP contribution in [0.4, 0.5) is 5.82 Å². The number of nitrogens with zero attached hydrogens (tertiary/aromatic N) is 1. The van der Waals surface area contributed by atoms with Crippen molar-refractivity contribution in [3.8, 4) is 0 Å². The zero-order valence-corrected chi connectivity index (χ0v) is 11.1. The van der Waals surface area contributed by atoms with Gasteiger partial charge in [0.1, 0.15) is 5.82 Å². The molecular weight excluding hydrogens is 252 g/mol. The molecule has 1 heterocycles. The Bertz CT molecular complexity index is 485. The molecular formula is C13H13ClN2S. The summed E-state index contributed by atoms with van der Waals surface area (Å²) in [6.07, 6.45) is 0. The Morgan fingerprint density at radius 2 is 1.94 bits per heavy atom. The van der Waals surface area contributed by atoms with E-state index in [1.54, 1.807) is 11.8 Å². The van der Waals surface area contributed by atoms with Crippen LogP contribution >= 0.6 is 23.4 Å². The minimum Gasteiger partial charge on any atom is -0.373 e. The summed E-state index contributed by atoms with van der Waals surface area (Å²) in [4.78, 5) is 4.45. The lowest BCUT2D eigenvalue weighted by Crippen LogP contribution is -1.92. The maximum Gasteiger partial charge on any atom is 0.126 e. The van der Waals surface area contributed by atoms with Crippen molar-refractivity contribution in [1.29, 1.82) is 0 Å². The van der Waals surface area contributed by atoms with E-state index in [2.05, 4.69) is 10.3 Å². The van der Waals surface area contributed by atoms with Crippen molar-refractivity contribution in [3.05, 3.63) is 53.1 Å². The van der Waals surface area contributed by atoms with Gasteiger partial charge in [-0.25, -0.2) is 4.98 Å². The fourth-order valence-electron chi connectivity index (χ4n) is 1.37. The number of halogens is 1. The number of aromatic nitrogens is 1. The number of benzene rings is 1. The fraction of sp³-hybridized carbons (Fsp3) is 0.154. The zero-order chi connectivity index (χ0) is 12.1. The van der Waals surface area contributed by atoms with Gasteiger partial charge >= 0.3 is 0 Å². The van der Waals surface area contributed by atoms with Gasteiger partial charge in [-0.15, -0.1) is 11.8 Å². The van der Waals surface area contributed by atoms with Gasteiger partial charge in [-0.1, -0.05) is 29.8 Å². The Hall–Kier alpha value is -1.19. The molecule has 0 saturated carbocycles. The van der Waals surface area contributed by atoms with Crippen LogP contribution in [-0.2, 0) is 5.75 Å². The first-order chi connectivity index (χ1) is 8.28. The number of thioether (sulfide) groups is 1. The first kappa shape index (κ1) is 12.3. The first-order valence-electron chi connectivity index (χ1n) is 5.30. The first-order valence-corrected chi connectivity index (χ1v) is 6.66. The quantitative estimate of drug-likeness (QED) is 0.843. The molecule has 0 bridgehead atoms. The zero-order valence-electron chi connectivity index (χ0n) is 9.48.